The van der Waals surface area contributed by atoms with Crippen molar-refractivity contribution < 1.29 is 9.59 Å². The van der Waals surface area contributed by atoms with E-state index in [4.69, 9.17) is 0 Å². The molecule has 1 aromatic rings. The Morgan fingerprint density at radius 2 is 2.57 bits per heavy atom. The van der Waals surface area contributed by atoms with Crippen LogP contribution in [0.4, 0.5) is 5.13 Å². The average molecular weight is 211 g/mol. The van der Waals surface area contributed by atoms with E-state index in [9.17, 15) is 9.59 Å². The highest BCUT2D eigenvalue weighted by atomic mass is 32.1. The van der Waals surface area contributed by atoms with E-state index in [1.807, 2.05) is 0 Å². The van der Waals surface area contributed by atoms with Gasteiger partial charge >= 0.3 is 0 Å². The molecule has 1 atom stereocenters. The Labute approximate surface area is 84.5 Å². The molecular formula is C8H9N3O2S. The fraction of sp³-hybridized carbons (Fsp3) is 0.375. The minimum absolute atomic E-state index is 0.0655. The van der Waals surface area contributed by atoms with E-state index >= 15 is 0 Å². The highest BCUT2D eigenvalue weighted by Crippen LogP contribution is 2.13. The minimum atomic E-state index is -0.397. The lowest BCUT2D eigenvalue weighted by molar-refractivity contribution is -0.122. The standard InChI is InChI=1S/C8H9N3O2S/c12-6-2-1-5(10-6)7(13)11-8-9-3-4-14-8/h3-5H,1-2H2,(H,10,12)(H,9,11,13). The van der Waals surface area contributed by atoms with Crippen molar-refractivity contribution in [2.24, 2.45) is 0 Å². The van der Waals surface area contributed by atoms with Crippen molar-refractivity contribution in [2.75, 3.05) is 5.32 Å². The van der Waals surface area contributed by atoms with Gasteiger partial charge in [0.1, 0.15) is 6.04 Å². The molecule has 0 aromatic carbocycles. The summed E-state index contributed by atoms with van der Waals surface area (Å²) in [5.74, 6) is -0.255. The summed E-state index contributed by atoms with van der Waals surface area (Å²) in [7, 11) is 0. The minimum Gasteiger partial charge on any atom is -0.344 e. The Morgan fingerprint density at radius 3 is 3.14 bits per heavy atom. The number of thiazole rings is 1. The first-order valence-corrected chi connectivity index (χ1v) is 5.13. The fourth-order valence-corrected chi connectivity index (χ4v) is 1.82. The molecule has 1 aliphatic heterocycles. The maximum atomic E-state index is 11.5. The summed E-state index contributed by atoms with van der Waals surface area (Å²) in [5, 5.41) is 7.58. The lowest BCUT2D eigenvalue weighted by atomic mass is 10.2. The van der Waals surface area contributed by atoms with Gasteiger partial charge in [-0.25, -0.2) is 4.98 Å². The normalized spacial score (nSPS) is 20.6. The van der Waals surface area contributed by atoms with Crippen LogP contribution in [-0.2, 0) is 9.59 Å². The number of rotatable bonds is 2. The van der Waals surface area contributed by atoms with Crippen LogP contribution >= 0.6 is 11.3 Å². The quantitative estimate of drug-likeness (QED) is 0.742. The summed E-state index contributed by atoms with van der Waals surface area (Å²) >= 11 is 1.36. The number of carbonyl (C=O) groups excluding carboxylic acids is 2. The third-order valence-corrected chi connectivity index (χ3v) is 2.66. The molecule has 1 aromatic heterocycles. The molecule has 0 radical (unpaired) electrons. The number of carbonyl (C=O) groups is 2. The summed E-state index contributed by atoms with van der Waals surface area (Å²) in [5.41, 5.74) is 0. The van der Waals surface area contributed by atoms with Crippen LogP contribution < -0.4 is 10.6 Å². The van der Waals surface area contributed by atoms with Crippen molar-refractivity contribution in [2.45, 2.75) is 18.9 Å². The second-order valence-corrected chi connectivity index (χ2v) is 3.88. The van der Waals surface area contributed by atoms with Gasteiger partial charge in [0.25, 0.3) is 0 Å². The zero-order valence-electron chi connectivity index (χ0n) is 7.32. The van der Waals surface area contributed by atoms with Gasteiger partial charge in [0, 0.05) is 18.0 Å². The molecule has 0 aliphatic carbocycles. The SMILES string of the molecule is O=C1CCC(C(=O)Nc2nccs2)N1. The van der Waals surface area contributed by atoms with Gasteiger partial charge in [-0.15, -0.1) is 11.3 Å². The molecule has 6 heteroatoms. The Kier molecular flexibility index (Phi) is 2.45. The average Bonchev–Trinajstić information content (AvgIpc) is 2.75. The number of nitrogens with zero attached hydrogens (tertiary/aromatic N) is 1. The highest BCUT2D eigenvalue weighted by Gasteiger charge is 2.27. The van der Waals surface area contributed by atoms with Crippen LogP contribution in [0.3, 0.4) is 0 Å². The van der Waals surface area contributed by atoms with Gasteiger partial charge in [-0.1, -0.05) is 0 Å². The molecular weight excluding hydrogens is 202 g/mol. The van der Waals surface area contributed by atoms with Crippen LogP contribution in [0.1, 0.15) is 12.8 Å². The van der Waals surface area contributed by atoms with E-state index in [1.165, 1.54) is 11.3 Å². The largest absolute Gasteiger partial charge is 0.344 e. The molecule has 2 heterocycles. The van der Waals surface area contributed by atoms with E-state index in [1.54, 1.807) is 11.6 Å². The Hall–Kier alpha value is -1.43. The van der Waals surface area contributed by atoms with Crippen molar-refractivity contribution in [3.63, 3.8) is 0 Å². The van der Waals surface area contributed by atoms with Gasteiger partial charge in [-0.2, -0.15) is 0 Å². The predicted octanol–water partition coefficient (Wildman–Crippen LogP) is 0.360. The molecule has 2 N–H and O–H groups in total. The van der Waals surface area contributed by atoms with Gasteiger partial charge in [0.05, 0.1) is 0 Å². The van der Waals surface area contributed by atoms with Crippen LogP contribution in [0.15, 0.2) is 11.6 Å². The lowest BCUT2D eigenvalue weighted by Gasteiger charge is -2.07. The monoisotopic (exact) mass is 211 g/mol. The Bertz CT molecular complexity index is 349. The Balaban J connectivity index is 1.93. The third kappa shape index (κ3) is 1.90. The van der Waals surface area contributed by atoms with Crippen LogP contribution in [0.2, 0.25) is 0 Å². The van der Waals surface area contributed by atoms with Crippen LogP contribution in [0.25, 0.3) is 0 Å². The number of amides is 2. The summed E-state index contributed by atoms with van der Waals surface area (Å²) in [6.07, 6.45) is 2.61. The van der Waals surface area contributed by atoms with Crippen LogP contribution in [-0.4, -0.2) is 22.8 Å². The molecule has 2 rings (SSSR count). The fourth-order valence-electron chi connectivity index (χ4n) is 1.29. The molecule has 1 unspecified atom stereocenters. The molecule has 74 valence electrons. The summed E-state index contributed by atoms with van der Waals surface area (Å²) in [6, 6.07) is -0.397. The maximum absolute atomic E-state index is 11.5. The molecule has 14 heavy (non-hydrogen) atoms. The number of aromatic nitrogens is 1. The molecule has 2 amide bonds. The first-order chi connectivity index (χ1) is 6.75. The first-order valence-electron chi connectivity index (χ1n) is 4.25. The number of hydrogen-bond acceptors (Lipinski definition) is 4. The second kappa shape index (κ2) is 3.75. The van der Waals surface area contributed by atoms with Crippen LogP contribution in [0.5, 0.6) is 0 Å². The van der Waals surface area contributed by atoms with E-state index in [-0.39, 0.29) is 11.8 Å². The van der Waals surface area contributed by atoms with E-state index < -0.39 is 6.04 Å². The van der Waals surface area contributed by atoms with Crippen molar-refractivity contribution >= 4 is 28.3 Å². The van der Waals surface area contributed by atoms with Crippen LogP contribution in [0, 0.1) is 0 Å². The molecule has 0 bridgehead atoms. The zero-order chi connectivity index (χ0) is 9.97. The molecule has 1 aliphatic rings. The smallest absolute Gasteiger partial charge is 0.248 e. The molecule has 5 nitrogen and oxygen atoms in total. The summed E-state index contributed by atoms with van der Waals surface area (Å²) in [4.78, 5) is 26.3. The van der Waals surface area contributed by atoms with Gasteiger partial charge in [0.2, 0.25) is 11.8 Å². The Morgan fingerprint density at radius 1 is 1.71 bits per heavy atom. The van der Waals surface area contributed by atoms with Gasteiger partial charge in [-0.05, 0) is 6.42 Å². The van der Waals surface area contributed by atoms with E-state index in [0.717, 1.165) is 0 Å². The van der Waals surface area contributed by atoms with Crippen molar-refractivity contribution in [3.8, 4) is 0 Å². The third-order valence-electron chi connectivity index (χ3n) is 1.97. The van der Waals surface area contributed by atoms with Crippen molar-refractivity contribution in [1.29, 1.82) is 0 Å². The summed E-state index contributed by atoms with van der Waals surface area (Å²) < 4.78 is 0. The predicted molar refractivity (Wildman–Crippen MR) is 51.9 cm³/mol. The number of nitrogens with one attached hydrogen (secondary N) is 2. The molecule has 0 spiro atoms. The maximum Gasteiger partial charge on any atom is 0.248 e. The second-order valence-electron chi connectivity index (χ2n) is 2.99. The highest BCUT2D eigenvalue weighted by molar-refractivity contribution is 7.13. The summed E-state index contributed by atoms with van der Waals surface area (Å²) in [6.45, 7) is 0. The van der Waals surface area contributed by atoms with Crippen molar-refractivity contribution in [3.05, 3.63) is 11.6 Å². The zero-order valence-corrected chi connectivity index (χ0v) is 8.13. The lowest BCUT2D eigenvalue weighted by Crippen LogP contribution is -2.37. The molecule has 1 saturated heterocycles. The van der Waals surface area contributed by atoms with Crippen molar-refractivity contribution in [1.82, 2.24) is 10.3 Å². The number of anilines is 1. The van der Waals surface area contributed by atoms with E-state index in [0.29, 0.717) is 18.0 Å². The van der Waals surface area contributed by atoms with E-state index in [2.05, 4.69) is 15.6 Å². The molecule has 0 saturated carbocycles. The van der Waals surface area contributed by atoms with Gasteiger partial charge < -0.3 is 10.6 Å². The topological polar surface area (TPSA) is 71.1 Å². The molecule has 1 fully saturated rings. The number of hydrogen-bond donors (Lipinski definition) is 2. The van der Waals surface area contributed by atoms with Gasteiger partial charge in [0.15, 0.2) is 5.13 Å². The van der Waals surface area contributed by atoms with Gasteiger partial charge in [-0.3, -0.25) is 9.59 Å². The first kappa shape index (κ1) is 9.14.